The van der Waals surface area contributed by atoms with E-state index < -0.39 is 17.2 Å². The zero-order chi connectivity index (χ0) is 24.8. The van der Waals surface area contributed by atoms with Crippen LogP contribution < -0.4 is 19.8 Å². The van der Waals surface area contributed by atoms with Crippen molar-refractivity contribution in [3.63, 3.8) is 0 Å². The Balaban J connectivity index is 1.91. The third-order valence-electron chi connectivity index (χ3n) is 5.51. The van der Waals surface area contributed by atoms with Crippen LogP contribution >= 0.6 is 0 Å². The number of carbonyl (C=O) groups is 1. The minimum Gasteiger partial charge on any atom is -0.494 e. The normalized spacial score (nSPS) is 10.4. The quantitative estimate of drug-likeness (QED) is 0.484. The zero-order valence-electron chi connectivity index (χ0n) is 19.5. The molecule has 176 valence electrons. The number of ether oxygens (including phenoxy) is 3. The zero-order valence-corrected chi connectivity index (χ0v) is 19.5. The number of pyridine rings is 1. The van der Waals surface area contributed by atoms with Crippen molar-refractivity contribution in [3.05, 3.63) is 80.6 Å². The van der Waals surface area contributed by atoms with E-state index in [4.69, 9.17) is 14.2 Å². The Morgan fingerprint density at radius 2 is 1.82 bits per heavy atom. The van der Waals surface area contributed by atoms with E-state index in [0.29, 0.717) is 23.7 Å². The number of ketones is 1. The Kier molecular flexibility index (Phi) is 7.59. The van der Waals surface area contributed by atoms with Crippen LogP contribution in [-0.4, -0.2) is 36.3 Å². The fourth-order valence-corrected chi connectivity index (χ4v) is 3.70. The van der Waals surface area contributed by atoms with Crippen LogP contribution in [0.15, 0.2) is 47.3 Å². The summed E-state index contributed by atoms with van der Waals surface area (Å²) in [7, 11) is 3.06. The van der Waals surface area contributed by atoms with Crippen molar-refractivity contribution >= 4 is 5.78 Å². The lowest BCUT2D eigenvalue weighted by molar-refractivity contribution is 0.0916. The molecule has 0 bridgehead atoms. The monoisotopic (exact) mass is 462 g/mol. The van der Waals surface area contributed by atoms with Crippen molar-refractivity contribution < 1.29 is 24.1 Å². The highest BCUT2D eigenvalue weighted by atomic mass is 16.5. The van der Waals surface area contributed by atoms with E-state index in [1.807, 2.05) is 25.1 Å². The third kappa shape index (κ3) is 5.04. The molecule has 0 aliphatic rings. The number of Topliss-reactive ketones (excluding diaryl/α,β-unsaturated/α-hetero) is 1. The molecule has 8 nitrogen and oxygen atoms in total. The van der Waals surface area contributed by atoms with Crippen LogP contribution in [0.4, 0.5) is 0 Å². The number of nitrogens with zero attached hydrogens (tertiary/aromatic N) is 2. The van der Waals surface area contributed by atoms with Gasteiger partial charge in [0.15, 0.2) is 18.1 Å². The molecule has 0 saturated carbocycles. The van der Waals surface area contributed by atoms with Gasteiger partial charge in [-0.15, -0.1) is 0 Å². The van der Waals surface area contributed by atoms with Crippen LogP contribution in [0.1, 0.15) is 32.6 Å². The van der Waals surface area contributed by atoms with Crippen molar-refractivity contribution in [1.29, 1.82) is 5.26 Å². The smallest absolute Gasteiger partial charge is 0.271 e. The first kappa shape index (κ1) is 24.4. The first-order valence-electron chi connectivity index (χ1n) is 10.6. The van der Waals surface area contributed by atoms with E-state index in [9.17, 15) is 20.0 Å². The summed E-state index contributed by atoms with van der Waals surface area (Å²) in [6, 6.07) is 14.4. The predicted octanol–water partition coefficient (Wildman–Crippen LogP) is 3.56. The molecule has 2 aromatic carbocycles. The lowest BCUT2D eigenvalue weighted by atomic mass is 10.0. The largest absolute Gasteiger partial charge is 0.494 e. The molecule has 3 aromatic rings. The number of benzene rings is 2. The molecule has 8 heteroatoms. The van der Waals surface area contributed by atoms with Crippen LogP contribution in [0.5, 0.6) is 23.1 Å². The van der Waals surface area contributed by atoms with Gasteiger partial charge in [0.1, 0.15) is 17.4 Å². The number of nitriles is 1. The van der Waals surface area contributed by atoms with Crippen molar-refractivity contribution in [3.8, 4) is 29.2 Å². The van der Waals surface area contributed by atoms with E-state index in [2.05, 4.69) is 0 Å². The van der Waals surface area contributed by atoms with Crippen molar-refractivity contribution in [1.82, 2.24) is 4.57 Å². The van der Waals surface area contributed by atoms with Gasteiger partial charge >= 0.3 is 0 Å². The number of hydrogen-bond donors (Lipinski definition) is 1. The molecule has 0 atom stereocenters. The first-order chi connectivity index (χ1) is 16.3. The fraction of sp³-hybridized carbons (Fsp3) is 0.269. The summed E-state index contributed by atoms with van der Waals surface area (Å²) in [6.45, 7) is 3.07. The van der Waals surface area contributed by atoms with Gasteiger partial charge in [-0.05, 0) is 61.2 Å². The first-order valence-corrected chi connectivity index (χ1v) is 10.6. The minimum absolute atomic E-state index is 0.0497. The summed E-state index contributed by atoms with van der Waals surface area (Å²) in [4.78, 5) is 25.8. The molecule has 1 aromatic heterocycles. The van der Waals surface area contributed by atoms with Crippen LogP contribution in [0.2, 0.25) is 0 Å². The Hall–Kier alpha value is -4.25. The average Bonchev–Trinajstić information content (AvgIpc) is 2.82. The molecule has 1 heterocycles. The summed E-state index contributed by atoms with van der Waals surface area (Å²) >= 11 is 0. The van der Waals surface area contributed by atoms with Gasteiger partial charge in [-0.1, -0.05) is 18.2 Å². The van der Waals surface area contributed by atoms with Gasteiger partial charge in [-0.3, -0.25) is 14.2 Å². The second-order valence-corrected chi connectivity index (χ2v) is 7.73. The maximum Gasteiger partial charge on any atom is 0.271 e. The van der Waals surface area contributed by atoms with E-state index in [-0.39, 0.29) is 29.8 Å². The molecule has 0 amide bonds. The highest BCUT2D eigenvalue weighted by molar-refractivity contribution is 6.01. The second-order valence-electron chi connectivity index (χ2n) is 7.73. The van der Waals surface area contributed by atoms with E-state index in [0.717, 1.165) is 15.7 Å². The Labute approximate surface area is 197 Å². The number of hydrogen-bond acceptors (Lipinski definition) is 7. The number of carbonyl (C=O) groups excluding carboxylic acids is 1. The minimum atomic E-state index is -0.658. The van der Waals surface area contributed by atoms with Crippen LogP contribution in [-0.2, 0) is 13.0 Å². The molecule has 0 unspecified atom stereocenters. The topological polar surface area (TPSA) is 111 Å². The maximum absolute atomic E-state index is 13.0. The maximum atomic E-state index is 13.0. The molecule has 0 aliphatic carbocycles. The Morgan fingerprint density at radius 3 is 2.47 bits per heavy atom. The summed E-state index contributed by atoms with van der Waals surface area (Å²) in [5.74, 6) is 0.581. The van der Waals surface area contributed by atoms with Crippen molar-refractivity contribution in [2.24, 2.45) is 0 Å². The van der Waals surface area contributed by atoms with Gasteiger partial charge in [0.2, 0.25) is 11.7 Å². The number of methoxy groups -OCH3 is 2. The molecule has 0 fully saturated rings. The Morgan fingerprint density at radius 1 is 1.09 bits per heavy atom. The van der Waals surface area contributed by atoms with Gasteiger partial charge < -0.3 is 19.3 Å². The summed E-state index contributed by atoms with van der Waals surface area (Å²) in [6.07, 6.45) is 0.342. The van der Waals surface area contributed by atoms with Crippen molar-refractivity contribution in [2.75, 3.05) is 20.8 Å². The van der Waals surface area contributed by atoms with Gasteiger partial charge in [0.25, 0.3) is 5.56 Å². The van der Waals surface area contributed by atoms with Gasteiger partial charge in [-0.2, -0.15) is 5.26 Å². The predicted molar refractivity (Wildman–Crippen MR) is 126 cm³/mol. The molecular formula is C26H26N2O6. The van der Waals surface area contributed by atoms with Gasteiger partial charge in [-0.25, -0.2) is 0 Å². The molecular weight excluding hydrogens is 436 g/mol. The van der Waals surface area contributed by atoms with E-state index >= 15 is 0 Å². The molecule has 0 spiro atoms. The average molecular weight is 463 g/mol. The van der Waals surface area contributed by atoms with Gasteiger partial charge in [0.05, 0.1) is 19.8 Å². The molecule has 3 rings (SSSR count). The van der Waals surface area contributed by atoms with Crippen LogP contribution in [0, 0.1) is 25.2 Å². The number of aryl methyl sites for hydroxylation is 2. The van der Waals surface area contributed by atoms with E-state index in [1.165, 1.54) is 21.1 Å². The highest BCUT2D eigenvalue weighted by Gasteiger charge is 2.24. The number of rotatable bonds is 9. The SMILES string of the molecule is COc1ccc(CCn2c(O)c(C(=O)COc3cccc(C)c3)c(C)c(C#N)c2=O)cc1OC. The molecule has 0 radical (unpaired) electrons. The molecule has 0 saturated heterocycles. The molecule has 0 aliphatic heterocycles. The molecule has 34 heavy (non-hydrogen) atoms. The molecule has 1 N–H and O–H groups in total. The summed E-state index contributed by atoms with van der Waals surface area (Å²) in [5, 5.41) is 20.4. The summed E-state index contributed by atoms with van der Waals surface area (Å²) < 4.78 is 17.2. The number of aromatic hydroxyl groups is 1. The highest BCUT2D eigenvalue weighted by Crippen LogP contribution is 2.28. The standard InChI is InChI=1S/C26H26N2O6/c1-16-6-5-7-19(12-16)34-15-21(29)24-17(2)20(14-27)25(30)28(26(24)31)11-10-18-8-9-22(32-3)23(13-18)33-4/h5-9,12-13,31H,10-11,15H2,1-4H3. The summed E-state index contributed by atoms with van der Waals surface area (Å²) in [5.41, 5.74) is 0.970. The van der Waals surface area contributed by atoms with Crippen LogP contribution in [0.3, 0.4) is 0 Å². The fourth-order valence-electron chi connectivity index (χ4n) is 3.70. The lowest BCUT2D eigenvalue weighted by Crippen LogP contribution is -2.28. The van der Waals surface area contributed by atoms with E-state index in [1.54, 1.807) is 30.3 Å². The second kappa shape index (κ2) is 10.6. The van der Waals surface area contributed by atoms with Crippen LogP contribution in [0.25, 0.3) is 0 Å². The third-order valence-corrected chi connectivity index (χ3v) is 5.51. The Bertz CT molecular complexity index is 1320. The lowest BCUT2D eigenvalue weighted by Gasteiger charge is -2.16. The van der Waals surface area contributed by atoms with Crippen molar-refractivity contribution in [2.45, 2.75) is 26.8 Å². The number of aromatic nitrogens is 1. The van der Waals surface area contributed by atoms with Gasteiger partial charge in [0, 0.05) is 6.54 Å².